The summed E-state index contributed by atoms with van der Waals surface area (Å²) in [7, 11) is 0. The molecule has 0 radical (unpaired) electrons. The zero-order valence-electron chi connectivity index (χ0n) is 17.3. The number of thiophene rings is 1. The first kappa shape index (κ1) is 24.3. The van der Waals surface area contributed by atoms with Gasteiger partial charge in [-0.1, -0.05) is 6.07 Å². The van der Waals surface area contributed by atoms with Gasteiger partial charge in [0.15, 0.2) is 24.5 Å². The van der Waals surface area contributed by atoms with Crippen molar-refractivity contribution >= 4 is 41.1 Å². The first-order valence-electron chi connectivity index (χ1n) is 9.23. The van der Waals surface area contributed by atoms with Crippen LogP contribution in [0.3, 0.4) is 0 Å². The van der Waals surface area contributed by atoms with E-state index in [1.165, 1.54) is 18.3 Å². The van der Waals surface area contributed by atoms with E-state index in [1.54, 1.807) is 17.5 Å². The molecule has 0 bridgehead atoms. The summed E-state index contributed by atoms with van der Waals surface area (Å²) in [6.45, 7) is 4.16. The van der Waals surface area contributed by atoms with Gasteiger partial charge < -0.3 is 29.0 Å². The van der Waals surface area contributed by atoms with Crippen LogP contribution in [0.5, 0.6) is 0 Å². The van der Waals surface area contributed by atoms with Gasteiger partial charge in [0.05, 0.1) is 4.88 Å². The molecule has 1 aliphatic heterocycles. The van der Waals surface area contributed by atoms with E-state index >= 15 is 0 Å². The number of hydrogen-bond acceptors (Lipinski definition) is 11. The lowest BCUT2D eigenvalue weighted by Crippen LogP contribution is -2.66. The fourth-order valence-electron chi connectivity index (χ4n) is 2.95. The molecular formula is C19H23NO10S. The van der Waals surface area contributed by atoms with Gasteiger partial charge in [-0.15, -0.1) is 11.3 Å². The molecule has 1 fully saturated rings. The Hall–Kier alpha value is -2.99. The number of ether oxygens (including phenoxy) is 5. The van der Waals surface area contributed by atoms with E-state index in [4.69, 9.17) is 23.7 Å². The molecule has 1 aromatic rings. The molecule has 170 valence electrons. The molecule has 1 aromatic heterocycles. The van der Waals surface area contributed by atoms with Gasteiger partial charge >= 0.3 is 23.9 Å². The third-order valence-corrected chi connectivity index (χ3v) is 4.88. The van der Waals surface area contributed by atoms with Crippen molar-refractivity contribution in [2.24, 2.45) is 0 Å². The Kier molecular flexibility index (Phi) is 8.51. The van der Waals surface area contributed by atoms with Gasteiger partial charge in [-0.3, -0.25) is 24.0 Å². The quantitative estimate of drug-likeness (QED) is 0.455. The Labute approximate surface area is 181 Å². The van der Waals surface area contributed by atoms with Crippen molar-refractivity contribution in [1.82, 2.24) is 5.32 Å². The van der Waals surface area contributed by atoms with E-state index in [-0.39, 0.29) is 6.61 Å². The molecule has 0 spiro atoms. The van der Waals surface area contributed by atoms with Crippen molar-refractivity contribution in [3.63, 3.8) is 0 Å². The maximum atomic E-state index is 12.6. The van der Waals surface area contributed by atoms with E-state index in [1.807, 2.05) is 0 Å². The highest BCUT2D eigenvalue weighted by atomic mass is 32.1. The molecule has 0 aliphatic carbocycles. The van der Waals surface area contributed by atoms with Crippen LogP contribution in [0.25, 0.3) is 0 Å². The molecule has 2 heterocycles. The molecule has 31 heavy (non-hydrogen) atoms. The number of esters is 4. The van der Waals surface area contributed by atoms with E-state index in [2.05, 4.69) is 5.32 Å². The van der Waals surface area contributed by atoms with Crippen molar-refractivity contribution in [2.75, 3.05) is 6.61 Å². The lowest BCUT2D eigenvalue weighted by molar-refractivity contribution is -0.255. The lowest BCUT2D eigenvalue weighted by atomic mass is 9.97. The van der Waals surface area contributed by atoms with Gasteiger partial charge in [-0.25, -0.2) is 0 Å². The number of hydrogen-bond donors (Lipinski definition) is 1. The number of nitrogens with one attached hydrogen (secondary N) is 1. The third-order valence-electron chi connectivity index (χ3n) is 4.01. The van der Waals surface area contributed by atoms with Crippen molar-refractivity contribution in [1.29, 1.82) is 0 Å². The minimum atomic E-state index is -1.34. The van der Waals surface area contributed by atoms with Crippen molar-refractivity contribution < 1.29 is 47.7 Å². The second kappa shape index (κ2) is 10.9. The minimum Gasteiger partial charge on any atom is -0.463 e. The van der Waals surface area contributed by atoms with E-state index in [9.17, 15) is 24.0 Å². The molecule has 0 saturated carbocycles. The standard InChI is InChI=1S/C19H23NO10S/c1-9(21)26-8-13-15(27-10(2)22)16(28-11(3)23)17(29-12(4)24)19(30-13)20-18(25)14-6-5-7-31-14/h5-7,13,15-17,19H,8H2,1-4H3,(H,20,25)/t13-,15-,16+,17-,19-/m1/s1. The second-order valence-electron chi connectivity index (χ2n) is 6.57. The molecule has 5 atom stereocenters. The highest BCUT2D eigenvalue weighted by Crippen LogP contribution is 2.28. The molecule has 1 saturated heterocycles. The average Bonchev–Trinajstić information content (AvgIpc) is 3.18. The maximum absolute atomic E-state index is 12.6. The highest BCUT2D eigenvalue weighted by Gasteiger charge is 2.52. The van der Waals surface area contributed by atoms with Gasteiger partial charge in [-0.05, 0) is 11.4 Å². The largest absolute Gasteiger partial charge is 0.463 e. The Bertz CT molecular complexity index is 824. The summed E-state index contributed by atoms with van der Waals surface area (Å²) in [5.41, 5.74) is 0. The Morgan fingerprint density at radius 2 is 1.48 bits per heavy atom. The maximum Gasteiger partial charge on any atom is 0.303 e. The predicted octanol–water partition coefficient (Wildman–Crippen LogP) is 0.561. The zero-order chi connectivity index (χ0) is 23.1. The fraction of sp³-hybridized carbons (Fsp3) is 0.526. The fourth-order valence-corrected chi connectivity index (χ4v) is 3.58. The van der Waals surface area contributed by atoms with Crippen molar-refractivity contribution in [3.05, 3.63) is 22.4 Å². The van der Waals surface area contributed by atoms with Crippen LogP contribution in [-0.4, -0.2) is 67.0 Å². The molecule has 1 aliphatic rings. The Balaban J connectivity index is 2.41. The van der Waals surface area contributed by atoms with Crippen molar-refractivity contribution in [3.8, 4) is 0 Å². The molecule has 11 nitrogen and oxygen atoms in total. The van der Waals surface area contributed by atoms with Crippen LogP contribution in [0.2, 0.25) is 0 Å². The molecule has 1 N–H and O–H groups in total. The summed E-state index contributed by atoms with van der Waals surface area (Å²) in [5, 5.41) is 4.27. The smallest absolute Gasteiger partial charge is 0.303 e. The highest BCUT2D eigenvalue weighted by molar-refractivity contribution is 7.12. The predicted molar refractivity (Wildman–Crippen MR) is 104 cm³/mol. The van der Waals surface area contributed by atoms with Crippen LogP contribution in [0.15, 0.2) is 17.5 Å². The monoisotopic (exact) mass is 457 g/mol. The normalized spacial score (nSPS) is 25.1. The minimum absolute atomic E-state index is 0.354. The number of carbonyl (C=O) groups is 5. The molecule has 2 rings (SSSR count). The first-order chi connectivity index (χ1) is 14.6. The van der Waals surface area contributed by atoms with E-state index in [0.717, 1.165) is 20.8 Å². The van der Waals surface area contributed by atoms with Crippen molar-refractivity contribution in [2.45, 2.75) is 58.3 Å². The third kappa shape index (κ3) is 7.03. The van der Waals surface area contributed by atoms with E-state index in [0.29, 0.717) is 4.88 Å². The van der Waals surface area contributed by atoms with Crippen LogP contribution < -0.4 is 5.32 Å². The van der Waals surface area contributed by atoms with Crippen LogP contribution in [-0.2, 0) is 42.9 Å². The summed E-state index contributed by atoms with van der Waals surface area (Å²) < 4.78 is 26.6. The van der Waals surface area contributed by atoms with Crippen LogP contribution in [0, 0.1) is 0 Å². The van der Waals surface area contributed by atoms with Gasteiger partial charge in [0.2, 0.25) is 0 Å². The van der Waals surface area contributed by atoms with E-state index < -0.39 is 60.4 Å². The molecule has 12 heteroatoms. The zero-order valence-corrected chi connectivity index (χ0v) is 18.1. The van der Waals surface area contributed by atoms with Crippen LogP contribution in [0.1, 0.15) is 37.4 Å². The van der Waals surface area contributed by atoms with Crippen LogP contribution >= 0.6 is 11.3 Å². The molecular weight excluding hydrogens is 434 g/mol. The van der Waals surface area contributed by atoms with Gasteiger partial charge in [-0.2, -0.15) is 0 Å². The molecule has 1 amide bonds. The van der Waals surface area contributed by atoms with Gasteiger partial charge in [0, 0.05) is 27.7 Å². The lowest BCUT2D eigenvalue weighted by Gasteiger charge is -2.44. The topological polar surface area (TPSA) is 144 Å². The summed E-state index contributed by atoms with van der Waals surface area (Å²) >= 11 is 1.17. The Morgan fingerprint density at radius 3 is 2.00 bits per heavy atom. The second-order valence-corrected chi connectivity index (χ2v) is 7.52. The number of carbonyl (C=O) groups excluding carboxylic acids is 5. The summed E-state index contributed by atoms with van der Waals surface area (Å²) in [4.78, 5) is 59.4. The first-order valence-corrected chi connectivity index (χ1v) is 10.1. The SMILES string of the molecule is CC(=O)OC[C@H]1O[C@@H](NC(=O)c2cccs2)[C@H](OC(C)=O)[C@@H](OC(C)=O)[C@@H]1OC(C)=O. The average molecular weight is 457 g/mol. The molecule has 0 aromatic carbocycles. The summed E-state index contributed by atoms with van der Waals surface area (Å²) in [6.07, 6.45) is -6.38. The van der Waals surface area contributed by atoms with Gasteiger partial charge in [0.25, 0.3) is 5.91 Å². The number of amides is 1. The molecule has 0 unspecified atom stereocenters. The van der Waals surface area contributed by atoms with Crippen LogP contribution in [0.4, 0.5) is 0 Å². The summed E-state index contributed by atoms with van der Waals surface area (Å²) in [5.74, 6) is -3.40. The summed E-state index contributed by atoms with van der Waals surface area (Å²) in [6, 6.07) is 3.25. The van der Waals surface area contributed by atoms with Gasteiger partial charge in [0.1, 0.15) is 12.7 Å². The Morgan fingerprint density at radius 1 is 0.903 bits per heavy atom. The number of rotatable bonds is 7.